The van der Waals surface area contributed by atoms with Crippen molar-refractivity contribution in [3.8, 4) is 12.1 Å². The molecule has 0 unspecified atom stereocenters. The van der Waals surface area contributed by atoms with Crippen molar-refractivity contribution in [2.24, 2.45) is 0 Å². The number of benzene rings is 3. The van der Waals surface area contributed by atoms with E-state index in [-0.39, 0.29) is 17.9 Å². The zero-order valence-electron chi connectivity index (χ0n) is 17.4. The molecule has 3 atom stereocenters. The van der Waals surface area contributed by atoms with Crippen molar-refractivity contribution >= 4 is 0 Å². The SMILES string of the molecule is C[C@H](c1ccccc1)N1C(C#N)=C[C@@H](c2ccccc2)[C@H](c2ccccc2)C=C1C#N. The van der Waals surface area contributed by atoms with E-state index in [4.69, 9.17) is 0 Å². The monoisotopic (exact) mass is 401 g/mol. The van der Waals surface area contributed by atoms with Gasteiger partial charge in [-0.1, -0.05) is 91.0 Å². The number of nitriles is 2. The molecule has 3 aromatic rings. The largest absolute Gasteiger partial charge is 0.317 e. The highest BCUT2D eigenvalue weighted by Gasteiger charge is 2.31. The van der Waals surface area contributed by atoms with Crippen LogP contribution < -0.4 is 0 Å². The number of allylic oxidation sites excluding steroid dienone is 4. The second kappa shape index (κ2) is 9.16. The van der Waals surface area contributed by atoms with Gasteiger partial charge in [0, 0.05) is 11.8 Å². The van der Waals surface area contributed by atoms with Crippen molar-refractivity contribution < 1.29 is 0 Å². The summed E-state index contributed by atoms with van der Waals surface area (Å²) in [6.45, 7) is 2.03. The van der Waals surface area contributed by atoms with E-state index in [0.29, 0.717) is 11.4 Å². The van der Waals surface area contributed by atoms with E-state index in [9.17, 15) is 10.5 Å². The van der Waals surface area contributed by atoms with E-state index in [1.807, 2.05) is 90.7 Å². The number of nitrogens with zero attached hydrogens (tertiary/aromatic N) is 3. The van der Waals surface area contributed by atoms with E-state index < -0.39 is 0 Å². The van der Waals surface area contributed by atoms with Gasteiger partial charge in [0.15, 0.2) is 0 Å². The fraction of sp³-hybridized carbons (Fsp3) is 0.143. The van der Waals surface area contributed by atoms with Gasteiger partial charge in [-0.3, -0.25) is 0 Å². The average Bonchev–Trinajstić information content (AvgIpc) is 3.02. The summed E-state index contributed by atoms with van der Waals surface area (Å²) in [5.74, 6) is -0.121. The Morgan fingerprint density at radius 2 is 1.03 bits per heavy atom. The van der Waals surface area contributed by atoms with E-state index in [2.05, 4.69) is 36.4 Å². The summed E-state index contributed by atoms with van der Waals surface area (Å²) in [6.07, 6.45) is 4.04. The van der Waals surface area contributed by atoms with Crippen LogP contribution in [0.2, 0.25) is 0 Å². The van der Waals surface area contributed by atoms with Gasteiger partial charge in [-0.25, -0.2) is 0 Å². The summed E-state index contributed by atoms with van der Waals surface area (Å²) in [5, 5.41) is 20.2. The summed E-state index contributed by atoms with van der Waals surface area (Å²) in [6, 6.07) is 35.0. The van der Waals surface area contributed by atoms with Crippen molar-refractivity contribution in [2.75, 3.05) is 0 Å². The van der Waals surface area contributed by atoms with Crippen LogP contribution in [-0.4, -0.2) is 4.90 Å². The van der Waals surface area contributed by atoms with Gasteiger partial charge in [0.25, 0.3) is 0 Å². The summed E-state index contributed by atoms with van der Waals surface area (Å²) in [4.78, 5) is 1.87. The Morgan fingerprint density at radius 3 is 1.42 bits per heavy atom. The Kier molecular flexibility index (Phi) is 5.97. The number of rotatable bonds is 4. The van der Waals surface area contributed by atoms with Crippen LogP contribution in [0.1, 0.15) is 41.5 Å². The molecule has 0 spiro atoms. The van der Waals surface area contributed by atoms with Crippen LogP contribution in [0.5, 0.6) is 0 Å². The lowest BCUT2D eigenvalue weighted by atomic mass is 9.81. The zero-order chi connectivity index (χ0) is 21.6. The third kappa shape index (κ3) is 4.13. The van der Waals surface area contributed by atoms with Gasteiger partial charge in [-0.05, 0) is 35.8 Å². The average molecular weight is 402 g/mol. The van der Waals surface area contributed by atoms with Gasteiger partial charge in [0.05, 0.1) is 6.04 Å². The minimum Gasteiger partial charge on any atom is -0.317 e. The molecule has 3 heteroatoms. The first kappa shape index (κ1) is 20.2. The molecular weight excluding hydrogens is 378 g/mol. The third-order valence-corrected chi connectivity index (χ3v) is 5.85. The lowest BCUT2D eigenvalue weighted by Gasteiger charge is -2.29. The maximum atomic E-state index is 10.1. The molecule has 0 saturated heterocycles. The highest BCUT2D eigenvalue weighted by Crippen LogP contribution is 2.42. The first-order chi connectivity index (χ1) is 15.2. The van der Waals surface area contributed by atoms with Gasteiger partial charge in [-0.2, -0.15) is 10.5 Å². The zero-order valence-corrected chi connectivity index (χ0v) is 17.4. The Morgan fingerprint density at radius 1 is 0.645 bits per heavy atom. The molecule has 0 fully saturated rings. The molecule has 150 valence electrons. The Balaban J connectivity index is 1.91. The van der Waals surface area contributed by atoms with Crippen LogP contribution >= 0.6 is 0 Å². The molecule has 0 aliphatic carbocycles. The molecule has 0 saturated carbocycles. The van der Waals surface area contributed by atoms with Crippen molar-refractivity contribution in [1.29, 1.82) is 10.5 Å². The molecule has 0 amide bonds. The Labute approximate surface area is 183 Å². The lowest BCUT2D eigenvalue weighted by Crippen LogP contribution is -2.24. The van der Waals surface area contributed by atoms with Crippen molar-refractivity contribution in [2.45, 2.75) is 24.8 Å². The van der Waals surface area contributed by atoms with Gasteiger partial charge >= 0.3 is 0 Å². The van der Waals surface area contributed by atoms with Crippen molar-refractivity contribution in [3.05, 3.63) is 131 Å². The predicted molar refractivity (Wildman–Crippen MR) is 122 cm³/mol. The molecule has 0 N–H and O–H groups in total. The topological polar surface area (TPSA) is 50.8 Å². The van der Waals surface area contributed by atoms with E-state index in [1.54, 1.807) is 0 Å². The maximum Gasteiger partial charge on any atom is 0.118 e. The van der Waals surface area contributed by atoms with Gasteiger partial charge in [0.1, 0.15) is 23.5 Å². The van der Waals surface area contributed by atoms with Crippen molar-refractivity contribution in [1.82, 2.24) is 4.90 Å². The van der Waals surface area contributed by atoms with Crippen LogP contribution in [-0.2, 0) is 0 Å². The summed E-state index contributed by atoms with van der Waals surface area (Å²) < 4.78 is 0. The molecule has 0 radical (unpaired) electrons. The molecule has 1 aliphatic rings. The minimum atomic E-state index is -0.149. The highest BCUT2D eigenvalue weighted by molar-refractivity contribution is 5.46. The number of hydrogen-bond donors (Lipinski definition) is 0. The standard InChI is InChI=1S/C28H23N3/c1-21(22-11-5-2-6-12-22)31-25(19-29)17-27(23-13-7-3-8-14-23)28(18-26(31)20-30)24-15-9-4-10-16-24/h2-18,21,27-28H,1H3/t21-,27+,28+/m1/s1. The van der Waals surface area contributed by atoms with Gasteiger partial charge in [0.2, 0.25) is 0 Å². The molecule has 3 aromatic carbocycles. The second-order valence-corrected chi connectivity index (χ2v) is 7.66. The normalized spacial score (nSPS) is 19.3. The van der Waals surface area contributed by atoms with Crippen LogP contribution in [0.3, 0.4) is 0 Å². The predicted octanol–water partition coefficient (Wildman–Crippen LogP) is 6.45. The summed E-state index contributed by atoms with van der Waals surface area (Å²) >= 11 is 0. The fourth-order valence-corrected chi connectivity index (χ4v) is 4.28. The van der Waals surface area contributed by atoms with Crippen LogP contribution in [0.25, 0.3) is 0 Å². The minimum absolute atomic E-state index is 0.0606. The molecule has 1 aliphatic heterocycles. The summed E-state index contributed by atoms with van der Waals surface area (Å²) in [5.41, 5.74) is 4.28. The van der Waals surface area contributed by atoms with E-state index in [1.165, 1.54) is 0 Å². The first-order valence-corrected chi connectivity index (χ1v) is 10.4. The molecule has 0 aromatic heterocycles. The molecular formula is C28H23N3. The second-order valence-electron chi connectivity index (χ2n) is 7.66. The molecule has 0 bridgehead atoms. The molecule has 4 rings (SSSR count). The maximum absolute atomic E-state index is 10.1. The molecule has 31 heavy (non-hydrogen) atoms. The lowest BCUT2D eigenvalue weighted by molar-refractivity contribution is 0.364. The Hall–Kier alpha value is -4.08. The van der Waals surface area contributed by atoms with E-state index in [0.717, 1.165) is 16.7 Å². The quantitative estimate of drug-likeness (QED) is 0.505. The smallest absolute Gasteiger partial charge is 0.118 e. The highest BCUT2D eigenvalue weighted by atomic mass is 15.2. The van der Waals surface area contributed by atoms with E-state index >= 15 is 0 Å². The van der Waals surface area contributed by atoms with Crippen LogP contribution in [0.15, 0.2) is 115 Å². The third-order valence-electron chi connectivity index (χ3n) is 5.85. The van der Waals surface area contributed by atoms with Crippen LogP contribution in [0.4, 0.5) is 0 Å². The first-order valence-electron chi connectivity index (χ1n) is 10.4. The van der Waals surface area contributed by atoms with Crippen molar-refractivity contribution in [3.63, 3.8) is 0 Å². The number of hydrogen-bond acceptors (Lipinski definition) is 3. The Bertz CT molecular complexity index is 1090. The summed E-state index contributed by atoms with van der Waals surface area (Å²) in [7, 11) is 0. The molecule has 1 heterocycles. The fourth-order valence-electron chi connectivity index (χ4n) is 4.28. The molecule has 3 nitrogen and oxygen atoms in total. The van der Waals surface area contributed by atoms with Gasteiger partial charge in [-0.15, -0.1) is 0 Å². The van der Waals surface area contributed by atoms with Gasteiger partial charge < -0.3 is 4.90 Å². The van der Waals surface area contributed by atoms with Crippen LogP contribution in [0, 0.1) is 22.7 Å².